The van der Waals surface area contributed by atoms with Gasteiger partial charge in [0.15, 0.2) is 0 Å². The topological polar surface area (TPSA) is 24.4 Å². The molecule has 0 saturated heterocycles. The molecule has 0 unspecified atom stereocenters. The molecule has 0 bridgehead atoms. The summed E-state index contributed by atoms with van der Waals surface area (Å²) in [6.07, 6.45) is -4.45. The van der Waals surface area contributed by atoms with Crippen molar-refractivity contribution in [2.24, 2.45) is 4.99 Å². The summed E-state index contributed by atoms with van der Waals surface area (Å²) in [6.45, 7) is 3.50. The first-order valence-corrected chi connectivity index (χ1v) is 4.73. The van der Waals surface area contributed by atoms with Crippen LogP contribution in [0.1, 0.15) is 11.1 Å². The molecule has 1 aromatic carbocycles. The lowest BCUT2D eigenvalue weighted by Crippen LogP contribution is -2.31. The van der Waals surface area contributed by atoms with E-state index in [2.05, 4.69) is 10.3 Å². The van der Waals surface area contributed by atoms with Gasteiger partial charge in [-0.15, -0.1) is 0 Å². The van der Waals surface area contributed by atoms with Crippen LogP contribution in [-0.2, 0) is 0 Å². The van der Waals surface area contributed by atoms with Gasteiger partial charge in [0.25, 0.3) is 0 Å². The highest BCUT2D eigenvalue weighted by molar-refractivity contribution is 6.00. The summed E-state index contributed by atoms with van der Waals surface area (Å²) in [5.41, 5.74) is 1.97. The number of alkyl halides is 3. The maximum Gasteiger partial charge on any atom is 0.449 e. The monoisotopic (exact) mass is 230 g/mol. The van der Waals surface area contributed by atoms with Crippen LogP contribution in [0, 0.1) is 13.8 Å². The quantitative estimate of drug-likeness (QED) is 0.581. The van der Waals surface area contributed by atoms with Gasteiger partial charge in [-0.25, -0.2) is 0 Å². The number of hydrogen-bond acceptors (Lipinski definition) is 1. The van der Waals surface area contributed by atoms with Gasteiger partial charge in [0.05, 0.1) is 0 Å². The summed E-state index contributed by atoms with van der Waals surface area (Å²) < 4.78 is 37.4. The Morgan fingerprint density at radius 2 is 1.69 bits per heavy atom. The number of amidine groups is 1. The molecule has 88 valence electrons. The van der Waals surface area contributed by atoms with Crippen molar-refractivity contribution in [3.05, 3.63) is 29.3 Å². The Morgan fingerprint density at radius 1 is 1.19 bits per heavy atom. The van der Waals surface area contributed by atoms with E-state index in [9.17, 15) is 13.2 Å². The summed E-state index contributed by atoms with van der Waals surface area (Å²) in [5, 5.41) is 2.33. The number of anilines is 1. The molecule has 0 spiro atoms. The first kappa shape index (κ1) is 12.5. The van der Waals surface area contributed by atoms with E-state index in [-0.39, 0.29) is 0 Å². The van der Waals surface area contributed by atoms with Crippen LogP contribution < -0.4 is 5.32 Å². The summed E-state index contributed by atoms with van der Waals surface area (Å²) in [7, 11) is 1.11. The van der Waals surface area contributed by atoms with E-state index in [1.807, 2.05) is 0 Å². The molecule has 5 heteroatoms. The Morgan fingerprint density at radius 3 is 2.06 bits per heavy atom. The number of rotatable bonds is 1. The normalized spacial score (nSPS) is 12.8. The van der Waals surface area contributed by atoms with Gasteiger partial charge >= 0.3 is 6.18 Å². The number of para-hydroxylation sites is 1. The van der Waals surface area contributed by atoms with Crippen LogP contribution in [-0.4, -0.2) is 19.1 Å². The fourth-order valence-corrected chi connectivity index (χ4v) is 1.38. The van der Waals surface area contributed by atoms with E-state index >= 15 is 0 Å². The highest BCUT2D eigenvalue weighted by Gasteiger charge is 2.35. The molecular formula is C11H13F3N2. The lowest BCUT2D eigenvalue weighted by molar-refractivity contribution is -0.0587. The first-order chi connectivity index (χ1) is 7.36. The smallest absolute Gasteiger partial charge is 0.336 e. The third-order valence-electron chi connectivity index (χ3n) is 2.22. The molecule has 0 amide bonds. The van der Waals surface area contributed by atoms with E-state index in [1.165, 1.54) is 0 Å². The van der Waals surface area contributed by atoms with Crippen LogP contribution >= 0.6 is 0 Å². The number of benzene rings is 1. The second-order valence-electron chi connectivity index (χ2n) is 3.46. The predicted octanol–water partition coefficient (Wildman–Crippen LogP) is 3.31. The van der Waals surface area contributed by atoms with Gasteiger partial charge in [0.2, 0.25) is 5.84 Å². The number of nitrogens with one attached hydrogen (secondary N) is 1. The van der Waals surface area contributed by atoms with Crippen molar-refractivity contribution in [3.63, 3.8) is 0 Å². The molecule has 0 saturated carbocycles. The van der Waals surface area contributed by atoms with Gasteiger partial charge in [0, 0.05) is 12.7 Å². The van der Waals surface area contributed by atoms with Gasteiger partial charge in [-0.1, -0.05) is 18.2 Å². The van der Waals surface area contributed by atoms with Gasteiger partial charge in [0.1, 0.15) is 0 Å². The Hall–Kier alpha value is -1.52. The largest absolute Gasteiger partial charge is 0.449 e. The maximum atomic E-state index is 12.5. The van der Waals surface area contributed by atoms with Crippen molar-refractivity contribution >= 4 is 11.5 Å². The minimum Gasteiger partial charge on any atom is -0.336 e. The van der Waals surface area contributed by atoms with Crippen LogP contribution in [0.15, 0.2) is 23.2 Å². The van der Waals surface area contributed by atoms with E-state index in [4.69, 9.17) is 0 Å². The van der Waals surface area contributed by atoms with Crippen molar-refractivity contribution in [2.75, 3.05) is 12.4 Å². The minimum absolute atomic E-state index is 0.459. The number of nitrogens with zero attached hydrogens (tertiary/aromatic N) is 1. The highest BCUT2D eigenvalue weighted by Crippen LogP contribution is 2.24. The molecule has 16 heavy (non-hydrogen) atoms. The van der Waals surface area contributed by atoms with Gasteiger partial charge < -0.3 is 5.32 Å². The number of aliphatic imine (C=N–C) groups is 1. The van der Waals surface area contributed by atoms with E-state index in [0.717, 1.165) is 18.2 Å². The van der Waals surface area contributed by atoms with E-state index < -0.39 is 12.0 Å². The Bertz CT molecular complexity index is 388. The molecule has 1 aromatic rings. The molecule has 0 heterocycles. The minimum atomic E-state index is -4.45. The molecular weight excluding hydrogens is 217 g/mol. The summed E-state index contributed by atoms with van der Waals surface area (Å²) >= 11 is 0. The van der Waals surface area contributed by atoms with Crippen molar-refractivity contribution in [3.8, 4) is 0 Å². The third kappa shape index (κ3) is 2.74. The molecule has 0 radical (unpaired) electrons. The van der Waals surface area contributed by atoms with Crippen molar-refractivity contribution in [1.29, 1.82) is 0 Å². The molecule has 1 rings (SSSR count). The van der Waals surface area contributed by atoms with Crippen LogP contribution in [0.4, 0.5) is 18.9 Å². The Kier molecular flexibility index (Phi) is 3.57. The molecule has 0 aliphatic rings. The molecule has 1 N–H and O–H groups in total. The first-order valence-electron chi connectivity index (χ1n) is 4.73. The van der Waals surface area contributed by atoms with E-state index in [1.54, 1.807) is 32.0 Å². The number of hydrogen-bond donors (Lipinski definition) is 1. The number of halogens is 3. The molecule has 0 aliphatic carbocycles. The lowest BCUT2D eigenvalue weighted by atomic mass is 10.1. The average Bonchev–Trinajstić information content (AvgIpc) is 2.15. The number of aryl methyl sites for hydroxylation is 2. The Labute approximate surface area is 92.2 Å². The average molecular weight is 230 g/mol. The van der Waals surface area contributed by atoms with Gasteiger partial charge in [-0.05, 0) is 25.0 Å². The van der Waals surface area contributed by atoms with Crippen LogP contribution in [0.3, 0.4) is 0 Å². The van der Waals surface area contributed by atoms with Crippen LogP contribution in [0.25, 0.3) is 0 Å². The third-order valence-corrected chi connectivity index (χ3v) is 2.22. The fourth-order valence-electron chi connectivity index (χ4n) is 1.38. The highest BCUT2D eigenvalue weighted by atomic mass is 19.4. The van der Waals surface area contributed by atoms with Crippen molar-refractivity contribution in [1.82, 2.24) is 0 Å². The summed E-state index contributed by atoms with van der Waals surface area (Å²) in [4.78, 5) is 3.22. The SMILES string of the molecule is CN=C(Nc1c(C)cccc1C)C(F)(F)F. The van der Waals surface area contributed by atoms with Crippen LogP contribution in [0.2, 0.25) is 0 Å². The zero-order valence-electron chi connectivity index (χ0n) is 9.31. The lowest BCUT2D eigenvalue weighted by Gasteiger charge is -2.15. The van der Waals surface area contributed by atoms with Crippen LogP contribution in [0.5, 0.6) is 0 Å². The molecule has 2 nitrogen and oxygen atoms in total. The fraction of sp³-hybridized carbons (Fsp3) is 0.364. The molecule has 0 aliphatic heterocycles. The molecule has 0 fully saturated rings. The Balaban J connectivity index is 3.05. The molecule has 0 atom stereocenters. The predicted molar refractivity (Wildman–Crippen MR) is 59.0 cm³/mol. The van der Waals surface area contributed by atoms with Crippen molar-refractivity contribution < 1.29 is 13.2 Å². The zero-order valence-corrected chi connectivity index (χ0v) is 9.31. The maximum absolute atomic E-state index is 12.5. The second kappa shape index (κ2) is 4.55. The van der Waals surface area contributed by atoms with E-state index in [0.29, 0.717) is 5.69 Å². The van der Waals surface area contributed by atoms with Gasteiger partial charge in [-0.2, -0.15) is 13.2 Å². The van der Waals surface area contributed by atoms with Crippen molar-refractivity contribution in [2.45, 2.75) is 20.0 Å². The zero-order chi connectivity index (χ0) is 12.3. The summed E-state index contributed by atoms with van der Waals surface area (Å²) in [6, 6.07) is 5.30. The summed E-state index contributed by atoms with van der Waals surface area (Å²) in [5.74, 6) is -0.982. The van der Waals surface area contributed by atoms with Gasteiger partial charge in [-0.3, -0.25) is 4.99 Å². The standard InChI is InChI=1S/C11H13F3N2/c1-7-5-4-6-8(2)9(7)16-10(15-3)11(12,13)14/h4-6H,1-3H3,(H,15,16). The second-order valence-corrected chi connectivity index (χ2v) is 3.46. The molecule has 0 aromatic heterocycles.